The number of aliphatic imine (C=N–C) groups is 1. The number of nitrogens with zero attached hydrogens (tertiary/aromatic N) is 2. The molecule has 0 aromatic rings. The van der Waals surface area contributed by atoms with Crippen molar-refractivity contribution < 1.29 is 4.74 Å². The summed E-state index contributed by atoms with van der Waals surface area (Å²) in [7, 11) is 1.87. The Bertz CT molecular complexity index is 695. The molecule has 0 saturated heterocycles. The van der Waals surface area contributed by atoms with E-state index < -0.39 is 0 Å². The molecule has 2 N–H and O–H groups in total. The third-order valence-corrected chi connectivity index (χ3v) is 9.76. The smallest absolute Gasteiger partial charge is 0.117 e. The van der Waals surface area contributed by atoms with Crippen molar-refractivity contribution in [1.29, 1.82) is 5.26 Å². The molecular formula is C26H41N3O. The fourth-order valence-electron chi connectivity index (χ4n) is 8.40. The fraction of sp³-hybridized carbons (Fsp3) is 0.846. The summed E-state index contributed by atoms with van der Waals surface area (Å²) in [4.78, 5) is 4.51. The summed E-state index contributed by atoms with van der Waals surface area (Å²) in [5.74, 6) is 6.53. The Morgan fingerprint density at radius 3 is 2.77 bits per heavy atom. The van der Waals surface area contributed by atoms with Gasteiger partial charge in [-0.2, -0.15) is 5.26 Å². The van der Waals surface area contributed by atoms with Gasteiger partial charge in [-0.3, -0.25) is 4.99 Å². The third-order valence-electron chi connectivity index (χ3n) is 9.76. The molecule has 0 spiro atoms. The van der Waals surface area contributed by atoms with Crippen LogP contribution in [-0.2, 0) is 4.74 Å². The lowest BCUT2D eigenvalue weighted by molar-refractivity contribution is -0.0721. The van der Waals surface area contributed by atoms with Crippen LogP contribution in [0.1, 0.15) is 71.1 Å². The van der Waals surface area contributed by atoms with Gasteiger partial charge in [-0.25, -0.2) is 0 Å². The lowest BCUT2D eigenvalue weighted by atomic mass is 9.49. The van der Waals surface area contributed by atoms with Crippen LogP contribution < -0.4 is 5.73 Å². The van der Waals surface area contributed by atoms with E-state index in [0.717, 1.165) is 54.6 Å². The van der Waals surface area contributed by atoms with Crippen molar-refractivity contribution in [3.05, 3.63) is 11.8 Å². The van der Waals surface area contributed by atoms with E-state index in [1.807, 2.05) is 13.2 Å². The van der Waals surface area contributed by atoms with Crippen molar-refractivity contribution >= 4 is 6.21 Å². The molecule has 30 heavy (non-hydrogen) atoms. The standard InChI is InChI=1S/C26H41N3O/c1-26-12-9-23-22-6-3-18(17-30-2)15-19(22)4-7-24(23)25(26)8-5-20(26)10-13-29-14-11-21(28)16-27/h11,14,18-20,22-25H,3-10,12-13,15,17,28H2,1-2H3/t18-,19+,20+,22-,23?,24+,25?,26+/m0/s1. The second-order valence-corrected chi connectivity index (χ2v) is 11.0. The number of allylic oxidation sites excluding steroid dienone is 2. The Kier molecular flexibility index (Phi) is 6.88. The van der Waals surface area contributed by atoms with Crippen LogP contribution >= 0.6 is 0 Å². The van der Waals surface area contributed by atoms with Crippen molar-refractivity contribution in [2.24, 2.45) is 57.6 Å². The average Bonchev–Trinajstić information content (AvgIpc) is 3.09. The molecule has 4 heteroatoms. The normalized spacial score (nSPS) is 43.6. The number of fused-ring (bicyclic) bond motifs is 5. The number of nitrogens with two attached hydrogens (primary N) is 1. The molecule has 0 radical (unpaired) electrons. The first-order chi connectivity index (χ1) is 14.6. The zero-order valence-electron chi connectivity index (χ0n) is 19.1. The molecule has 4 aliphatic rings. The molecule has 0 heterocycles. The molecule has 4 saturated carbocycles. The topological polar surface area (TPSA) is 71.4 Å². The quantitative estimate of drug-likeness (QED) is 0.473. The molecule has 0 aliphatic heterocycles. The van der Waals surface area contributed by atoms with Crippen molar-refractivity contribution in [1.82, 2.24) is 0 Å². The van der Waals surface area contributed by atoms with Crippen molar-refractivity contribution in [2.45, 2.75) is 71.1 Å². The van der Waals surface area contributed by atoms with Crippen LogP contribution in [0.2, 0.25) is 0 Å². The van der Waals surface area contributed by atoms with Crippen molar-refractivity contribution in [3.8, 4) is 6.07 Å². The summed E-state index contributed by atoms with van der Waals surface area (Å²) < 4.78 is 5.48. The number of rotatable bonds is 6. The summed E-state index contributed by atoms with van der Waals surface area (Å²) in [6, 6.07) is 1.94. The first kappa shape index (κ1) is 21.9. The molecular weight excluding hydrogens is 370 g/mol. The van der Waals surface area contributed by atoms with Crippen LogP contribution in [-0.4, -0.2) is 26.5 Å². The van der Waals surface area contributed by atoms with Gasteiger partial charge in [0.05, 0.1) is 0 Å². The van der Waals surface area contributed by atoms with Gasteiger partial charge >= 0.3 is 0 Å². The highest BCUT2D eigenvalue weighted by molar-refractivity contribution is 5.72. The molecule has 8 atom stereocenters. The van der Waals surface area contributed by atoms with Gasteiger partial charge in [0.2, 0.25) is 0 Å². The average molecular weight is 412 g/mol. The van der Waals surface area contributed by atoms with E-state index in [9.17, 15) is 0 Å². The fourth-order valence-corrected chi connectivity index (χ4v) is 8.40. The number of hydrogen-bond donors (Lipinski definition) is 1. The van der Waals surface area contributed by atoms with E-state index in [4.69, 9.17) is 15.7 Å². The zero-order valence-corrected chi connectivity index (χ0v) is 19.1. The maximum atomic E-state index is 8.72. The van der Waals surface area contributed by atoms with E-state index in [0.29, 0.717) is 5.41 Å². The molecule has 2 unspecified atom stereocenters. The van der Waals surface area contributed by atoms with Gasteiger partial charge < -0.3 is 10.5 Å². The summed E-state index contributed by atoms with van der Waals surface area (Å²) in [6.45, 7) is 4.45. The van der Waals surface area contributed by atoms with Crippen molar-refractivity contribution in [3.63, 3.8) is 0 Å². The van der Waals surface area contributed by atoms with Gasteiger partial charge in [0.25, 0.3) is 0 Å². The van der Waals surface area contributed by atoms with Crippen LogP contribution in [0.5, 0.6) is 0 Å². The predicted molar refractivity (Wildman–Crippen MR) is 122 cm³/mol. The SMILES string of the molecule is COC[C@H]1CC[C@@H]2C3CC[C@@]4(C)C(CC[C@@H]4CCN=CC=C(N)C#N)[C@@H]3CC[C@@H]2C1. The number of methoxy groups -OCH3 is 1. The Balaban J connectivity index is 1.35. The highest BCUT2D eigenvalue weighted by Crippen LogP contribution is 2.64. The van der Waals surface area contributed by atoms with Crippen LogP contribution in [0.4, 0.5) is 0 Å². The van der Waals surface area contributed by atoms with E-state index in [2.05, 4.69) is 11.9 Å². The van der Waals surface area contributed by atoms with E-state index in [1.165, 1.54) is 64.2 Å². The lowest BCUT2D eigenvalue weighted by Gasteiger charge is -2.56. The van der Waals surface area contributed by atoms with E-state index >= 15 is 0 Å². The van der Waals surface area contributed by atoms with Gasteiger partial charge in [0, 0.05) is 26.5 Å². The second kappa shape index (κ2) is 9.43. The van der Waals surface area contributed by atoms with Crippen LogP contribution in [0.25, 0.3) is 0 Å². The van der Waals surface area contributed by atoms with E-state index in [1.54, 1.807) is 12.3 Å². The molecule has 166 valence electrons. The van der Waals surface area contributed by atoms with Gasteiger partial charge in [-0.05, 0) is 117 Å². The molecule has 0 aromatic heterocycles. The molecule has 0 amide bonds. The Labute approximate surface area is 183 Å². The minimum atomic E-state index is 0.233. The Morgan fingerprint density at radius 2 is 1.97 bits per heavy atom. The summed E-state index contributed by atoms with van der Waals surface area (Å²) in [6.07, 6.45) is 17.5. The summed E-state index contributed by atoms with van der Waals surface area (Å²) in [5.41, 5.74) is 6.28. The van der Waals surface area contributed by atoms with Gasteiger partial charge in [-0.1, -0.05) is 6.92 Å². The second-order valence-electron chi connectivity index (χ2n) is 11.0. The monoisotopic (exact) mass is 411 g/mol. The molecule has 4 rings (SSSR count). The lowest BCUT2D eigenvalue weighted by Crippen LogP contribution is -2.48. The van der Waals surface area contributed by atoms with Gasteiger partial charge in [-0.15, -0.1) is 0 Å². The number of ether oxygens (including phenoxy) is 1. The summed E-state index contributed by atoms with van der Waals surface area (Å²) in [5, 5.41) is 8.72. The largest absolute Gasteiger partial charge is 0.390 e. The Morgan fingerprint density at radius 1 is 1.13 bits per heavy atom. The zero-order chi connectivity index (χ0) is 21.1. The van der Waals surface area contributed by atoms with Crippen LogP contribution in [0.15, 0.2) is 16.8 Å². The molecule has 0 bridgehead atoms. The Hall–Kier alpha value is -1.34. The van der Waals surface area contributed by atoms with E-state index in [-0.39, 0.29) is 5.70 Å². The number of hydrogen-bond acceptors (Lipinski definition) is 4. The molecule has 4 nitrogen and oxygen atoms in total. The minimum absolute atomic E-state index is 0.233. The predicted octanol–water partition coefficient (Wildman–Crippen LogP) is 5.34. The molecule has 4 fully saturated rings. The third kappa shape index (κ3) is 4.20. The molecule has 4 aliphatic carbocycles. The molecule has 0 aromatic carbocycles. The van der Waals surface area contributed by atoms with Crippen LogP contribution in [0.3, 0.4) is 0 Å². The van der Waals surface area contributed by atoms with Crippen molar-refractivity contribution in [2.75, 3.05) is 20.3 Å². The van der Waals surface area contributed by atoms with Gasteiger partial charge in [0.1, 0.15) is 11.8 Å². The van der Waals surface area contributed by atoms with Gasteiger partial charge in [0.15, 0.2) is 0 Å². The maximum absolute atomic E-state index is 8.72. The maximum Gasteiger partial charge on any atom is 0.117 e. The summed E-state index contributed by atoms with van der Waals surface area (Å²) >= 11 is 0. The van der Waals surface area contributed by atoms with Crippen LogP contribution in [0, 0.1) is 58.2 Å². The minimum Gasteiger partial charge on any atom is -0.390 e. The first-order valence-electron chi connectivity index (χ1n) is 12.4. The number of nitriles is 1. The highest BCUT2D eigenvalue weighted by Gasteiger charge is 2.56. The highest BCUT2D eigenvalue weighted by atomic mass is 16.5. The first-order valence-corrected chi connectivity index (χ1v) is 12.4.